The molecule has 19 heavy (non-hydrogen) atoms. The van der Waals surface area contributed by atoms with E-state index in [9.17, 15) is 22.0 Å². The van der Waals surface area contributed by atoms with Crippen LogP contribution in [0.25, 0.3) is 0 Å². The number of hydrogen-bond donors (Lipinski definition) is 3. The number of hydrogen-bond acceptors (Lipinski definition) is 4. The number of carbonyl (C=O) groups excluding carboxylic acids is 1. The molecule has 0 aliphatic carbocycles. The van der Waals surface area contributed by atoms with E-state index >= 15 is 0 Å². The first-order valence-corrected chi connectivity index (χ1v) is 6.69. The lowest BCUT2D eigenvalue weighted by Crippen LogP contribution is -2.42. The van der Waals surface area contributed by atoms with Gasteiger partial charge in [0.25, 0.3) is 10.0 Å². The molecular weight excluding hydrogens is 280 g/mol. The van der Waals surface area contributed by atoms with Gasteiger partial charge in [-0.15, -0.1) is 0 Å². The molecule has 0 spiro atoms. The van der Waals surface area contributed by atoms with Crippen molar-refractivity contribution in [3.63, 3.8) is 0 Å². The first-order valence-electron chi connectivity index (χ1n) is 5.21. The maximum absolute atomic E-state index is 13.4. The Labute approximate surface area is 109 Å². The molecule has 0 saturated heterocycles. The number of urea groups is 1. The Balaban J connectivity index is 3.12. The van der Waals surface area contributed by atoms with E-state index in [0.717, 1.165) is 0 Å². The summed E-state index contributed by atoms with van der Waals surface area (Å²) < 4.78 is 51.8. The smallest absolute Gasteiger partial charge is 0.328 e. The lowest BCUT2D eigenvalue weighted by Gasteiger charge is -2.12. The SMILES string of the molecule is CC(C)NC(=O)NS(=O)(=O)c1c(F)cc(N)cc1F. The van der Waals surface area contributed by atoms with Crippen LogP contribution in [0.15, 0.2) is 17.0 Å². The van der Waals surface area contributed by atoms with E-state index < -0.39 is 32.6 Å². The van der Waals surface area contributed by atoms with E-state index in [4.69, 9.17) is 5.73 Å². The molecule has 0 heterocycles. The number of halogens is 2. The Morgan fingerprint density at radius 3 is 2.16 bits per heavy atom. The van der Waals surface area contributed by atoms with Crippen molar-refractivity contribution in [3.05, 3.63) is 23.8 Å². The molecule has 0 unspecified atom stereocenters. The van der Waals surface area contributed by atoms with Crippen LogP contribution in [0.4, 0.5) is 19.3 Å². The second-order valence-electron chi connectivity index (χ2n) is 4.05. The Bertz CT molecular complexity index is 579. The molecule has 4 N–H and O–H groups in total. The molecule has 0 aromatic heterocycles. The molecule has 6 nitrogen and oxygen atoms in total. The standard InChI is InChI=1S/C10H13F2N3O3S/c1-5(2)14-10(16)15-19(17,18)9-7(11)3-6(13)4-8(9)12/h3-5H,13H2,1-2H3,(H2,14,15,16). The summed E-state index contributed by atoms with van der Waals surface area (Å²) in [5.74, 6) is -2.75. The van der Waals surface area contributed by atoms with Crippen LogP contribution in [0.3, 0.4) is 0 Å². The van der Waals surface area contributed by atoms with E-state index in [2.05, 4.69) is 5.32 Å². The number of benzene rings is 1. The van der Waals surface area contributed by atoms with Crippen LogP contribution < -0.4 is 15.8 Å². The van der Waals surface area contributed by atoms with Gasteiger partial charge in [0, 0.05) is 11.7 Å². The third-order valence-corrected chi connectivity index (χ3v) is 3.32. The van der Waals surface area contributed by atoms with Gasteiger partial charge in [0.2, 0.25) is 0 Å². The van der Waals surface area contributed by atoms with Crippen molar-refractivity contribution in [2.45, 2.75) is 24.8 Å². The number of anilines is 1. The maximum Gasteiger partial charge on any atom is 0.328 e. The van der Waals surface area contributed by atoms with Gasteiger partial charge in [0.1, 0.15) is 11.6 Å². The van der Waals surface area contributed by atoms with E-state index in [1.807, 2.05) is 0 Å². The van der Waals surface area contributed by atoms with Crippen LogP contribution in [-0.4, -0.2) is 20.5 Å². The predicted octanol–water partition coefficient (Wildman–Crippen LogP) is 0.943. The molecule has 9 heteroatoms. The molecule has 106 valence electrons. The van der Waals surface area contributed by atoms with Crippen LogP contribution in [0, 0.1) is 11.6 Å². The fourth-order valence-corrected chi connectivity index (χ4v) is 2.34. The molecule has 0 aliphatic heterocycles. The molecule has 0 radical (unpaired) electrons. The molecule has 2 amide bonds. The van der Waals surface area contributed by atoms with E-state index in [1.165, 1.54) is 4.72 Å². The number of nitrogens with one attached hydrogen (secondary N) is 2. The van der Waals surface area contributed by atoms with Crippen LogP contribution in [0.5, 0.6) is 0 Å². The molecule has 0 saturated carbocycles. The molecule has 0 aliphatic rings. The second-order valence-corrected chi connectivity index (χ2v) is 5.67. The van der Waals surface area contributed by atoms with Gasteiger partial charge in [0.05, 0.1) is 0 Å². The first kappa shape index (κ1) is 15.2. The number of carbonyl (C=O) groups is 1. The van der Waals surface area contributed by atoms with Gasteiger partial charge in [-0.3, -0.25) is 0 Å². The number of nitrogen functional groups attached to an aromatic ring is 1. The van der Waals surface area contributed by atoms with Gasteiger partial charge < -0.3 is 11.1 Å². The number of sulfonamides is 1. The highest BCUT2D eigenvalue weighted by molar-refractivity contribution is 7.90. The molecular formula is C10H13F2N3O3S. The minimum Gasteiger partial charge on any atom is -0.399 e. The lowest BCUT2D eigenvalue weighted by atomic mass is 10.3. The van der Waals surface area contributed by atoms with Crippen molar-refractivity contribution < 1.29 is 22.0 Å². The van der Waals surface area contributed by atoms with Crippen molar-refractivity contribution >= 4 is 21.7 Å². The van der Waals surface area contributed by atoms with Gasteiger partial charge in [-0.1, -0.05) is 0 Å². The summed E-state index contributed by atoms with van der Waals surface area (Å²) in [5, 5.41) is 2.22. The zero-order valence-corrected chi connectivity index (χ0v) is 11.0. The monoisotopic (exact) mass is 293 g/mol. The summed E-state index contributed by atoms with van der Waals surface area (Å²) in [4.78, 5) is 10.0. The fraction of sp³-hybridized carbons (Fsp3) is 0.300. The minimum absolute atomic E-state index is 0.263. The van der Waals surface area contributed by atoms with Crippen molar-refractivity contribution in [1.82, 2.24) is 10.0 Å². The number of amides is 2. The van der Waals surface area contributed by atoms with Gasteiger partial charge in [-0.05, 0) is 26.0 Å². The molecule has 0 bridgehead atoms. The van der Waals surface area contributed by atoms with E-state index in [-0.39, 0.29) is 11.7 Å². The van der Waals surface area contributed by atoms with Crippen LogP contribution in [-0.2, 0) is 10.0 Å². The summed E-state index contributed by atoms with van der Waals surface area (Å²) in [6.07, 6.45) is 0. The normalized spacial score (nSPS) is 11.4. The molecule has 1 aromatic rings. The highest BCUT2D eigenvalue weighted by Gasteiger charge is 2.26. The Hall–Kier alpha value is -1.90. The Morgan fingerprint density at radius 1 is 1.26 bits per heavy atom. The summed E-state index contributed by atoms with van der Waals surface area (Å²) >= 11 is 0. The zero-order chi connectivity index (χ0) is 14.8. The van der Waals surface area contributed by atoms with E-state index in [1.54, 1.807) is 13.8 Å². The number of rotatable bonds is 3. The average Bonchev–Trinajstić information content (AvgIpc) is 2.10. The maximum atomic E-state index is 13.4. The Morgan fingerprint density at radius 2 is 1.74 bits per heavy atom. The van der Waals surface area contributed by atoms with E-state index in [0.29, 0.717) is 12.1 Å². The average molecular weight is 293 g/mol. The lowest BCUT2D eigenvalue weighted by molar-refractivity contribution is 0.243. The topological polar surface area (TPSA) is 101 Å². The predicted molar refractivity (Wildman–Crippen MR) is 64.8 cm³/mol. The quantitative estimate of drug-likeness (QED) is 0.722. The fourth-order valence-electron chi connectivity index (χ4n) is 1.30. The largest absolute Gasteiger partial charge is 0.399 e. The molecule has 0 fully saturated rings. The van der Waals surface area contributed by atoms with Crippen LogP contribution >= 0.6 is 0 Å². The number of nitrogens with two attached hydrogens (primary N) is 1. The summed E-state index contributed by atoms with van der Waals surface area (Å²) in [6.45, 7) is 3.19. The van der Waals surface area contributed by atoms with Crippen LogP contribution in [0.2, 0.25) is 0 Å². The summed E-state index contributed by atoms with van der Waals surface area (Å²) in [7, 11) is -4.65. The highest BCUT2D eigenvalue weighted by Crippen LogP contribution is 2.21. The summed E-state index contributed by atoms with van der Waals surface area (Å²) in [5.41, 5.74) is 4.90. The molecule has 0 atom stereocenters. The van der Waals surface area contributed by atoms with Crippen molar-refractivity contribution in [3.8, 4) is 0 Å². The second kappa shape index (κ2) is 5.39. The van der Waals surface area contributed by atoms with Crippen molar-refractivity contribution in [1.29, 1.82) is 0 Å². The zero-order valence-electron chi connectivity index (χ0n) is 10.2. The molecule has 1 rings (SSSR count). The van der Waals surface area contributed by atoms with Crippen LogP contribution in [0.1, 0.15) is 13.8 Å². The third-order valence-electron chi connectivity index (χ3n) is 1.94. The van der Waals surface area contributed by atoms with Gasteiger partial charge in [-0.2, -0.15) is 0 Å². The molecule has 1 aromatic carbocycles. The first-order chi connectivity index (χ1) is 8.63. The van der Waals surface area contributed by atoms with Crippen molar-refractivity contribution in [2.75, 3.05) is 5.73 Å². The van der Waals surface area contributed by atoms with Gasteiger partial charge in [0.15, 0.2) is 4.90 Å². The Kier molecular flexibility index (Phi) is 4.30. The summed E-state index contributed by atoms with van der Waals surface area (Å²) in [6, 6.07) is -0.113. The third kappa shape index (κ3) is 3.78. The van der Waals surface area contributed by atoms with Crippen molar-refractivity contribution in [2.24, 2.45) is 0 Å². The highest BCUT2D eigenvalue weighted by atomic mass is 32.2. The van der Waals surface area contributed by atoms with Gasteiger partial charge >= 0.3 is 6.03 Å². The van der Waals surface area contributed by atoms with Gasteiger partial charge in [-0.25, -0.2) is 26.7 Å². The minimum atomic E-state index is -4.65.